The lowest BCUT2D eigenvalue weighted by atomic mass is 10.0. The van der Waals surface area contributed by atoms with Gasteiger partial charge in [0.1, 0.15) is 33.8 Å². The second-order valence-corrected chi connectivity index (χ2v) is 6.03. The van der Waals surface area contributed by atoms with Crippen molar-refractivity contribution in [1.82, 2.24) is 0 Å². The van der Waals surface area contributed by atoms with E-state index in [0.717, 1.165) is 0 Å². The predicted octanol–water partition coefficient (Wildman–Crippen LogP) is 3.15. The summed E-state index contributed by atoms with van der Waals surface area (Å²) < 4.78 is 20.7. The molecule has 0 aliphatic rings. The molecule has 0 amide bonds. The van der Waals surface area contributed by atoms with Crippen molar-refractivity contribution in [2.24, 2.45) is 0 Å². The molecule has 0 spiro atoms. The van der Waals surface area contributed by atoms with Crippen LogP contribution in [0.1, 0.15) is 15.9 Å². The molecule has 7 nitrogen and oxygen atoms in total. The van der Waals surface area contributed by atoms with Crippen molar-refractivity contribution in [3.63, 3.8) is 0 Å². The third-order valence-electron chi connectivity index (χ3n) is 4.37. The van der Waals surface area contributed by atoms with Crippen molar-refractivity contribution >= 4 is 27.7 Å². The first kappa shape index (κ1) is 17.5. The first-order chi connectivity index (χ1) is 13.5. The smallest absolute Gasteiger partial charge is 0.347 e. The minimum atomic E-state index is -0.840. The van der Waals surface area contributed by atoms with Gasteiger partial charge in [-0.2, -0.15) is 0 Å². The molecule has 0 bridgehead atoms. The Morgan fingerprint density at radius 3 is 1.54 bits per heavy atom. The van der Waals surface area contributed by atoms with Crippen molar-refractivity contribution < 1.29 is 23.1 Å². The van der Waals surface area contributed by atoms with Gasteiger partial charge in [0, 0.05) is 10.8 Å². The van der Waals surface area contributed by atoms with Gasteiger partial charge in [-0.25, -0.2) is 9.59 Å². The normalized spacial score (nSPS) is 10.9. The average molecular weight is 378 g/mol. The first-order valence-corrected chi connectivity index (χ1v) is 8.28. The van der Waals surface area contributed by atoms with Crippen molar-refractivity contribution in [3.8, 4) is 11.5 Å². The number of carbonyl (C=O) groups is 1. The second-order valence-electron chi connectivity index (χ2n) is 6.03. The molecular formula is C21H14O7. The molecule has 2 heterocycles. The fourth-order valence-electron chi connectivity index (χ4n) is 2.92. The van der Waals surface area contributed by atoms with Crippen molar-refractivity contribution in [2.75, 3.05) is 14.2 Å². The molecule has 140 valence electrons. The van der Waals surface area contributed by atoms with Crippen LogP contribution >= 0.6 is 0 Å². The van der Waals surface area contributed by atoms with E-state index in [0.29, 0.717) is 33.4 Å². The van der Waals surface area contributed by atoms with Gasteiger partial charge < -0.3 is 18.3 Å². The predicted molar refractivity (Wildman–Crippen MR) is 102 cm³/mol. The number of ether oxygens (including phenoxy) is 2. The Balaban J connectivity index is 1.89. The Morgan fingerprint density at radius 2 is 1.14 bits per heavy atom. The van der Waals surface area contributed by atoms with Gasteiger partial charge in [-0.1, -0.05) is 0 Å². The summed E-state index contributed by atoms with van der Waals surface area (Å²) in [5.41, 5.74) is -1.61. The maximum absolute atomic E-state index is 12.9. The van der Waals surface area contributed by atoms with Crippen LogP contribution in [0.4, 0.5) is 0 Å². The van der Waals surface area contributed by atoms with Crippen molar-refractivity contribution in [3.05, 3.63) is 80.5 Å². The summed E-state index contributed by atoms with van der Waals surface area (Å²) in [6.07, 6.45) is 0. The van der Waals surface area contributed by atoms with Crippen LogP contribution in [-0.2, 0) is 0 Å². The molecule has 2 aromatic heterocycles. The zero-order chi connectivity index (χ0) is 19.8. The van der Waals surface area contributed by atoms with E-state index in [4.69, 9.17) is 18.3 Å². The van der Waals surface area contributed by atoms with Crippen LogP contribution in [0.3, 0.4) is 0 Å². The van der Waals surface area contributed by atoms with Crippen LogP contribution in [0.25, 0.3) is 21.9 Å². The summed E-state index contributed by atoms with van der Waals surface area (Å²) in [5.74, 6) is 0.297. The van der Waals surface area contributed by atoms with E-state index in [9.17, 15) is 14.4 Å². The zero-order valence-electron chi connectivity index (χ0n) is 15.0. The quantitative estimate of drug-likeness (QED) is 0.397. The lowest BCUT2D eigenvalue weighted by Crippen LogP contribution is -2.20. The first-order valence-electron chi connectivity index (χ1n) is 8.28. The Kier molecular flexibility index (Phi) is 4.19. The van der Waals surface area contributed by atoms with E-state index in [-0.39, 0.29) is 11.1 Å². The third kappa shape index (κ3) is 2.92. The summed E-state index contributed by atoms with van der Waals surface area (Å²) in [6, 6.07) is 12.4. The van der Waals surface area contributed by atoms with Gasteiger partial charge in [0.2, 0.25) is 5.78 Å². The molecule has 0 fully saturated rings. The summed E-state index contributed by atoms with van der Waals surface area (Å²) in [4.78, 5) is 37.5. The highest BCUT2D eigenvalue weighted by Crippen LogP contribution is 2.23. The number of benzene rings is 2. The Bertz CT molecular complexity index is 1240. The second kappa shape index (κ2) is 6.70. The average Bonchev–Trinajstić information content (AvgIpc) is 2.71. The number of ketones is 1. The Hall–Kier alpha value is -3.87. The molecule has 0 N–H and O–H groups in total. The molecule has 7 heteroatoms. The number of methoxy groups -OCH3 is 2. The van der Waals surface area contributed by atoms with Gasteiger partial charge in [-0.15, -0.1) is 0 Å². The Morgan fingerprint density at radius 1 is 0.714 bits per heavy atom. The number of hydrogen-bond acceptors (Lipinski definition) is 7. The number of hydrogen-bond donors (Lipinski definition) is 0. The Labute approximate surface area is 157 Å². The minimum absolute atomic E-state index is 0.268. The van der Waals surface area contributed by atoms with Gasteiger partial charge in [0.25, 0.3) is 0 Å². The highest BCUT2D eigenvalue weighted by atomic mass is 16.5. The van der Waals surface area contributed by atoms with E-state index < -0.39 is 17.0 Å². The van der Waals surface area contributed by atoms with Crippen LogP contribution < -0.4 is 20.7 Å². The molecule has 0 atom stereocenters. The molecule has 2 aromatic carbocycles. The molecule has 0 aliphatic heterocycles. The molecule has 28 heavy (non-hydrogen) atoms. The summed E-state index contributed by atoms with van der Waals surface area (Å²) in [7, 11) is 3.00. The highest BCUT2D eigenvalue weighted by Gasteiger charge is 2.21. The SMILES string of the molecule is COc1ccc2oc(=O)c(C(=O)c3cc4cc(OC)ccc4oc3=O)cc2c1. The molecule has 0 unspecified atom stereocenters. The summed E-state index contributed by atoms with van der Waals surface area (Å²) in [5, 5.41) is 0.989. The van der Waals surface area contributed by atoms with E-state index >= 15 is 0 Å². The fourth-order valence-corrected chi connectivity index (χ4v) is 2.92. The largest absolute Gasteiger partial charge is 0.497 e. The van der Waals surface area contributed by atoms with Gasteiger partial charge in [0.15, 0.2) is 0 Å². The monoisotopic (exact) mass is 378 g/mol. The standard InChI is InChI=1S/C21H14O7/c1-25-13-3-5-17-11(7-13)9-15(20(23)27-17)19(22)16-10-12-8-14(26-2)4-6-18(12)28-21(16)24/h3-10H,1-2H3. The molecular weight excluding hydrogens is 364 g/mol. The van der Waals surface area contributed by atoms with Gasteiger partial charge >= 0.3 is 11.3 Å². The van der Waals surface area contributed by atoms with Crippen LogP contribution in [0, 0.1) is 0 Å². The number of rotatable bonds is 4. The van der Waals surface area contributed by atoms with E-state index in [1.165, 1.54) is 26.4 Å². The zero-order valence-corrected chi connectivity index (χ0v) is 15.0. The molecule has 0 aliphatic carbocycles. The fraction of sp³-hybridized carbons (Fsp3) is 0.0952. The van der Waals surface area contributed by atoms with Gasteiger partial charge in [-0.05, 0) is 48.5 Å². The van der Waals surface area contributed by atoms with Crippen LogP contribution in [0.2, 0.25) is 0 Å². The lowest BCUT2D eigenvalue weighted by Gasteiger charge is -2.05. The van der Waals surface area contributed by atoms with Gasteiger partial charge in [0.05, 0.1) is 14.2 Å². The summed E-state index contributed by atoms with van der Waals surface area (Å²) >= 11 is 0. The maximum Gasteiger partial charge on any atom is 0.347 e. The topological polar surface area (TPSA) is 95.9 Å². The maximum atomic E-state index is 12.9. The van der Waals surface area contributed by atoms with E-state index in [1.807, 2.05) is 0 Å². The molecule has 0 radical (unpaired) electrons. The lowest BCUT2D eigenvalue weighted by molar-refractivity contribution is 0.103. The van der Waals surface area contributed by atoms with E-state index in [2.05, 4.69) is 0 Å². The van der Waals surface area contributed by atoms with Crippen LogP contribution in [0.15, 0.2) is 67.0 Å². The number of carbonyl (C=O) groups excluding carboxylic acids is 1. The molecule has 0 saturated heterocycles. The number of fused-ring (bicyclic) bond motifs is 2. The van der Waals surface area contributed by atoms with Crippen LogP contribution in [0.5, 0.6) is 11.5 Å². The minimum Gasteiger partial charge on any atom is -0.497 e. The molecule has 4 rings (SSSR count). The van der Waals surface area contributed by atoms with Crippen molar-refractivity contribution in [2.45, 2.75) is 0 Å². The highest BCUT2D eigenvalue weighted by molar-refractivity contribution is 6.10. The molecule has 4 aromatic rings. The van der Waals surface area contributed by atoms with Gasteiger partial charge in [-0.3, -0.25) is 4.79 Å². The molecule has 0 saturated carbocycles. The third-order valence-corrected chi connectivity index (χ3v) is 4.37. The summed E-state index contributed by atoms with van der Waals surface area (Å²) in [6.45, 7) is 0. The van der Waals surface area contributed by atoms with E-state index in [1.54, 1.807) is 36.4 Å². The van der Waals surface area contributed by atoms with Crippen LogP contribution in [-0.4, -0.2) is 20.0 Å². The van der Waals surface area contributed by atoms with Crippen molar-refractivity contribution in [1.29, 1.82) is 0 Å².